The highest BCUT2D eigenvalue weighted by atomic mass is 35.5. The fraction of sp³-hybridized carbons (Fsp3) is 0.0476. The number of hydrogen-bond acceptors (Lipinski definition) is 4. The monoisotopic (exact) mass is 388 g/mol. The molecule has 2 aromatic heterocycles. The second kappa shape index (κ2) is 6.00. The first kappa shape index (κ1) is 16.6. The van der Waals surface area contributed by atoms with Crippen molar-refractivity contribution in [2.75, 3.05) is 7.05 Å². The number of amides is 2. The summed E-state index contributed by atoms with van der Waals surface area (Å²) in [6.45, 7) is 0. The summed E-state index contributed by atoms with van der Waals surface area (Å²) in [5, 5.41) is 5.80. The molecular formula is C21H13ClN4O2. The summed E-state index contributed by atoms with van der Waals surface area (Å²) in [5.74, 6) is -0.720. The van der Waals surface area contributed by atoms with E-state index >= 15 is 0 Å². The summed E-state index contributed by atoms with van der Waals surface area (Å²) in [6, 6.07) is 16.8. The van der Waals surface area contributed by atoms with Crippen LogP contribution >= 0.6 is 11.6 Å². The number of hydrogen-bond donors (Lipinski definition) is 0. The van der Waals surface area contributed by atoms with Crippen molar-refractivity contribution in [3.8, 4) is 16.9 Å². The number of nitrogens with zero attached hydrogens (tertiary/aromatic N) is 4. The molecule has 3 heterocycles. The van der Waals surface area contributed by atoms with Crippen LogP contribution in [0, 0.1) is 0 Å². The molecule has 5 rings (SSSR count). The Kier molecular flexibility index (Phi) is 3.57. The van der Waals surface area contributed by atoms with E-state index in [0.717, 1.165) is 10.5 Å². The number of imide groups is 1. The highest BCUT2D eigenvalue weighted by Crippen LogP contribution is 2.36. The zero-order valence-electron chi connectivity index (χ0n) is 14.8. The lowest BCUT2D eigenvalue weighted by Crippen LogP contribution is -2.24. The average molecular weight is 389 g/mol. The summed E-state index contributed by atoms with van der Waals surface area (Å²) in [7, 11) is 1.47. The van der Waals surface area contributed by atoms with E-state index in [1.165, 1.54) is 13.2 Å². The minimum absolute atomic E-state index is 0.288. The van der Waals surface area contributed by atoms with Crippen LogP contribution in [0.4, 0.5) is 0 Å². The van der Waals surface area contributed by atoms with Crippen molar-refractivity contribution in [3.05, 3.63) is 76.9 Å². The predicted octanol–water partition coefficient (Wildman–Crippen LogP) is 3.97. The molecule has 0 spiro atoms. The molecule has 0 atom stereocenters. The van der Waals surface area contributed by atoms with Crippen molar-refractivity contribution in [1.29, 1.82) is 0 Å². The number of carbonyl (C=O) groups is 2. The molecule has 2 amide bonds. The van der Waals surface area contributed by atoms with E-state index < -0.39 is 0 Å². The molecule has 1 aliphatic rings. The second-order valence-electron chi connectivity index (χ2n) is 6.49. The van der Waals surface area contributed by atoms with Gasteiger partial charge in [0.15, 0.2) is 5.65 Å². The fourth-order valence-corrected chi connectivity index (χ4v) is 3.71. The Hall–Kier alpha value is -3.51. The molecule has 1 aliphatic heterocycles. The molecule has 136 valence electrons. The number of benzene rings is 2. The topological polar surface area (TPSA) is 68.1 Å². The second-order valence-corrected chi connectivity index (χ2v) is 6.90. The first-order valence-corrected chi connectivity index (χ1v) is 9.00. The van der Waals surface area contributed by atoms with Crippen LogP contribution in [0.1, 0.15) is 20.7 Å². The molecular weight excluding hydrogens is 376 g/mol. The molecule has 6 nitrogen and oxygen atoms in total. The van der Waals surface area contributed by atoms with Gasteiger partial charge in [-0.05, 0) is 12.1 Å². The van der Waals surface area contributed by atoms with Gasteiger partial charge in [-0.25, -0.2) is 9.67 Å². The van der Waals surface area contributed by atoms with Gasteiger partial charge < -0.3 is 0 Å². The molecule has 0 aliphatic carbocycles. The molecule has 0 N–H and O–H groups in total. The third-order valence-electron chi connectivity index (χ3n) is 4.88. The van der Waals surface area contributed by atoms with E-state index in [1.54, 1.807) is 10.7 Å². The van der Waals surface area contributed by atoms with Gasteiger partial charge in [-0.3, -0.25) is 14.5 Å². The van der Waals surface area contributed by atoms with Gasteiger partial charge in [0, 0.05) is 18.8 Å². The Bertz CT molecular complexity index is 1280. The Morgan fingerprint density at radius 2 is 1.64 bits per heavy atom. The number of aromatic nitrogens is 3. The molecule has 0 saturated heterocycles. The van der Waals surface area contributed by atoms with Gasteiger partial charge in [0.1, 0.15) is 5.69 Å². The summed E-state index contributed by atoms with van der Waals surface area (Å²) in [4.78, 5) is 30.9. The van der Waals surface area contributed by atoms with E-state index in [4.69, 9.17) is 16.7 Å². The molecule has 28 heavy (non-hydrogen) atoms. The maximum atomic E-state index is 12.8. The summed E-state index contributed by atoms with van der Waals surface area (Å²) in [5.41, 5.74) is 3.14. The van der Waals surface area contributed by atoms with Crippen LogP contribution in [-0.2, 0) is 0 Å². The number of pyridine rings is 1. The number of fused-ring (bicyclic) bond motifs is 3. The summed E-state index contributed by atoms with van der Waals surface area (Å²) < 4.78 is 1.62. The third kappa shape index (κ3) is 2.21. The van der Waals surface area contributed by atoms with E-state index in [-0.39, 0.29) is 17.4 Å². The predicted molar refractivity (Wildman–Crippen MR) is 106 cm³/mol. The van der Waals surface area contributed by atoms with Crippen LogP contribution in [0.3, 0.4) is 0 Å². The van der Waals surface area contributed by atoms with Gasteiger partial charge in [0.05, 0.1) is 27.2 Å². The van der Waals surface area contributed by atoms with E-state index in [0.29, 0.717) is 33.0 Å². The van der Waals surface area contributed by atoms with E-state index in [2.05, 4.69) is 4.98 Å². The van der Waals surface area contributed by atoms with Crippen molar-refractivity contribution in [2.24, 2.45) is 0 Å². The van der Waals surface area contributed by atoms with Gasteiger partial charge in [-0.2, -0.15) is 5.10 Å². The number of halogens is 1. The van der Waals surface area contributed by atoms with Crippen LogP contribution in [0.5, 0.6) is 0 Å². The maximum Gasteiger partial charge on any atom is 0.262 e. The average Bonchev–Trinajstić information content (AvgIpc) is 3.21. The maximum absolute atomic E-state index is 12.8. The van der Waals surface area contributed by atoms with Crippen LogP contribution in [0.15, 0.2) is 60.8 Å². The summed E-state index contributed by atoms with van der Waals surface area (Å²) in [6.07, 6.45) is 1.44. The third-order valence-corrected chi connectivity index (χ3v) is 5.20. The zero-order chi connectivity index (χ0) is 19.4. The number of carbonyl (C=O) groups excluding carboxylic acids is 2. The van der Waals surface area contributed by atoms with Crippen molar-refractivity contribution in [1.82, 2.24) is 19.7 Å². The van der Waals surface area contributed by atoms with Gasteiger partial charge >= 0.3 is 0 Å². The van der Waals surface area contributed by atoms with Crippen molar-refractivity contribution < 1.29 is 9.59 Å². The molecule has 0 saturated carbocycles. The van der Waals surface area contributed by atoms with Crippen LogP contribution < -0.4 is 0 Å². The van der Waals surface area contributed by atoms with Crippen LogP contribution in [0.25, 0.3) is 28.0 Å². The quantitative estimate of drug-likeness (QED) is 0.487. The lowest BCUT2D eigenvalue weighted by atomic mass is 10.0. The molecule has 0 fully saturated rings. The first-order valence-electron chi connectivity index (χ1n) is 8.62. The Morgan fingerprint density at radius 1 is 0.929 bits per heavy atom. The molecule has 2 aromatic carbocycles. The minimum Gasteiger partial charge on any atom is -0.277 e. The smallest absolute Gasteiger partial charge is 0.262 e. The molecule has 0 unspecified atom stereocenters. The van der Waals surface area contributed by atoms with Crippen molar-refractivity contribution in [3.63, 3.8) is 0 Å². The lowest BCUT2D eigenvalue weighted by Gasteiger charge is -2.05. The molecule has 0 radical (unpaired) electrons. The van der Waals surface area contributed by atoms with Gasteiger partial charge in [0.25, 0.3) is 11.8 Å². The minimum atomic E-state index is -0.362. The van der Waals surface area contributed by atoms with Gasteiger partial charge in [-0.1, -0.05) is 54.1 Å². The van der Waals surface area contributed by atoms with Crippen LogP contribution in [0.2, 0.25) is 5.02 Å². The van der Waals surface area contributed by atoms with Crippen LogP contribution in [-0.4, -0.2) is 38.5 Å². The van der Waals surface area contributed by atoms with E-state index in [9.17, 15) is 9.59 Å². The lowest BCUT2D eigenvalue weighted by molar-refractivity contribution is 0.0693. The normalized spacial score (nSPS) is 13.4. The highest BCUT2D eigenvalue weighted by Gasteiger charge is 2.37. The first-order chi connectivity index (χ1) is 13.6. The van der Waals surface area contributed by atoms with E-state index in [1.807, 2.05) is 48.5 Å². The fourth-order valence-electron chi connectivity index (χ4n) is 3.50. The zero-order valence-corrected chi connectivity index (χ0v) is 15.5. The number of rotatable bonds is 2. The Balaban J connectivity index is 1.93. The SMILES string of the molecule is CN1C(=O)c2cnc3c(c(-c4ccccc4)nn3-c3ccccc3Cl)c2C1=O. The van der Waals surface area contributed by atoms with Gasteiger partial charge in [0.2, 0.25) is 0 Å². The Labute approximate surface area is 165 Å². The standard InChI is InChI=1S/C21H13ClN4O2/c1-25-20(27)13-11-23-19-17(16(13)21(25)28)18(12-7-3-2-4-8-12)24-26(19)15-10-6-5-9-14(15)22/h2-11H,1H3. The molecule has 7 heteroatoms. The molecule has 4 aromatic rings. The molecule has 0 bridgehead atoms. The van der Waals surface area contributed by atoms with Crippen molar-refractivity contribution in [2.45, 2.75) is 0 Å². The number of para-hydroxylation sites is 1. The Morgan fingerprint density at radius 3 is 2.39 bits per heavy atom. The van der Waals surface area contributed by atoms with Gasteiger partial charge in [-0.15, -0.1) is 0 Å². The largest absolute Gasteiger partial charge is 0.277 e. The van der Waals surface area contributed by atoms with Crippen molar-refractivity contribution >= 4 is 34.4 Å². The summed E-state index contributed by atoms with van der Waals surface area (Å²) >= 11 is 6.39. The highest BCUT2D eigenvalue weighted by molar-refractivity contribution is 6.32.